The van der Waals surface area contributed by atoms with Gasteiger partial charge in [-0.1, -0.05) is 0 Å². The van der Waals surface area contributed by atoms with E-state index in [1.807, 2.05) is 42.4 Å². The number of alkyl halides is 2. The Morgan fingerprint density at radius 3 is 2.43 bits per heavy atom. The summed E-state index contributed by atoms with van der Waals surface area (Å²) < 4.78 is 42.7. The van der Waals surface area contributed by atoms with Gasteiger partial charge in [-0.15, -0.1) is 0 Å². The molecule has 0 amide bonds. The van der Waals surface area contributed by atoms with Gasteiger partial charge in [0.15, 0.2) is 0 Å². The van der Waals surface area contributed by atoms with Gasteiger partial charge >= 0.3 is 171 Å². The van der Waals surface area contributed by atoms with Crippen molar-refractivity contribution in [3.63, 3.8) is 0 Å². The molecule has 15 heteroatoms. The van der Waals surface area contributed by atoms with E-state index in [0.29, 0.717) is 0 Å². The van der Waals surface area contributed by atoms with Gasteiger partial charge in [-0.05, 0) is 0 Å². The molecule has 3 unspecified atom stereocenters. The molecule has 1 rings (SSSR count). The van der Waals surface area contributed by atoms with Crippen LogP contribution in [-0.2, 0) is 27.4 Å². The minimum atomic E-state index is -3.75. The first kappa shape index (κ1) is 22.6. The van der Waals surface area contributed by atoms with Crippen LogP contribution in [0.15, 0.2) is 0 Å². The Morgan fingerprint density at radius 1 is 1.43 bits per heavy atom. The summed E-state index contributed by atoms with van der Waals surface area (Å²) in [6, 6.07) is 0. The molecule has 1 fully saturated rings. The molecule has 21 heavy (non-hydrogen) atoms. The van der Waals surface area contributed by atoms with Gasteiger partial charge in [0.05, 0.1) is 0 Å². The van der Waals surface area contributed by atoms with E-state index in [2.05, 4.69) is 31.6 Å². The predicted molar refractivity (Wildman–Crippen MR) is 113 cm³/mol. The monoisotopic (exact) mass is 704 g/mol. The number of rotatable bonds is 5. The van der Waals surface area contributed by atoms with Crippen LogP contribution in [0.4, 0.5) is 0 Å². The Labute approximate surface area is 169 Å². The number of hydrogen-bond acceptors (Lipinski definition) is 6. The quantitative estimate of drug-likeness (QED) is 0.143. The van der Waals surface area contributed by atoms with Crippen molar-refractivity contribution in [1.82, 2.24) is 0 Å². The Kier molecular flexibility index (Phi) is 10.2. The van der Waals surface area contributed by atoms with Crippen molar-refractivity contribution in [3.05, 3.63) is 0 Å². The summed E-state index contributed by atoms with van der Waals surface area (Å²) in [7, 11) is 2.59. The van der Waals surface area contributed by atoms with Gasteiger partial charge in [0.1, 0.15) is 0 Å². The van der Waals surface area contributed by atoms with Gasteiger partial charge in [0, 0.05) is 0 Å². The molecular formula is C6H10BrClI2O6P2S3. The molecule has 0 aromatic heterocycles. The second-order valence-electron chi connectivity index (χ2n) is 3.76. The third-order valence-electron chi connectivity index (χ3n) is 2.14. The molecule has 0 aromatic carbocycles. The first-order valence-electron chi connectivity index (χ1n) is 4.94. The van der Waals surface area contributed by atoms with Crippen LogP contribution < -0.4 is 0 Å². The van der Waals surface area contributed by atoms with E-state index in [-0.39, 0.29) is 6.61 Å². The van der Waals surface area contributed by atoms with E-state index >= 15 is 0 Å². The van der Waals surface area contributed by atoms with Crippen molar-refractivity contribution in [2.75, 3.05) is 12.9 Å². The molecule has 1 aliphatic rings. The van der Waals surface area contributed by atoms with Gasteiger partial charge in [-0.25, -0.2) is 0 Å². The van der Waals surface area contributed by atoms with Crippen molar-refractivity contribution >= 4 is 110 Å². The SMILES string of the molecule is CS(=O)(=O)OC1O[C@H](CO[SH](#P)I)[C@@H](O[SH](#P)I)[C@@]1(Cl)Br. The van der Waals surface area contributed by atoms with E-state index in [1.165, 1.54) is 0 Å². The average Bonchev–Trinajstić information content (AvgIpc) is 2.48. The molecular weight excluding hydrogens is 695 g/mol. The zero-order valence-electron chi connectivity index (χ0n) is 10.1. The van der Waals surface area contributed by atoms with Crippen LogP contribution in [0.25, 0.3) is 0 Å². The Bertz CT molecular complexity index is 630. The van der Waals surface area contributed by atoms with E-state index in [0.717, 1.165) is 6.26 Å². The van der Waals surface area contributed by atoms with E-state index in [9.17, 15) is 8.42 Å². The number of ether oxygens (including phenoxy) is 1. The third-order valence-corrected chi connectivity index (χ3v) is 6.79. The fraction of sp³-hybridized carbons (Fsp3) is 1.00. The van der Waals surface area contributed by atoms with Gasteiger partial charge in [0.25, 0.3) is 0 Å². The summed E-state index contributed by atoms with van der Waals surface area (Å²) >= 11 is 13.6. The normalized spacial score (nSPS) is 36.4. The van der Waals surface area contributed by atoms with Crippen molar-refractivity contribution in [1.29, 1.82) is 0 Å². The second-order valence-corrected chi connectivity index (χ2v) is 21.1. The van der Waals surface area contributed by atoms with Crippen LogP contribution in [0.2, 0.25) is 0 Å². The summed E-state index contributed by atoms with van der Waals surface area (Å²) in [4.78, 5) is 0. The fourth-order valence-electron chi connectivity index (χ4n) is 1.44. The maximum absolute atomic E-state index is 11.3. The molecule has 0 saturated carbocycles. The molecule has 1 aliphatic heterocycles. The van der Waals surface area contributed by atoms with Crippen molar-refractivity contribution in [2.45, 2.75) is 22.3 Å². The fourth-order valence-corrected chi connectivity index (χ4v) is 5.69. The Balaban J connectivity index is 2.98. The topological polar surface area (TPSA) is 71.1 Å². The maximum atomic E-state index is 11.3. The summed E-state index contributed by atoms with van der Waals surface area (Å²) in [5.41, 5.74) is 0. The third kappa shape index (κ3) is 7.78. The molecule has 0 N–H and O–H groups in total. The molecule has 126 valence electrons. The second kappa shape index (κ2) is 9.50. The summed E-state index contributed by atoms with van der Waals surface area (Å²) in [6.45, 7) is 0.139. The molecule has 6 nitrogen and oxygen atoms in total. The van der Waals surface area contributed by atoms with Gasteiger partial charge in [-0.3, -0.25) is 0 Å². The number of thiol groups is 2. The standard InChI is InChI=1S/C6H10BrClI2O6P2S3/c1-21(11,12)16-5-6(7,8)4(15-20(10)18)3(14-5)2-13-19(9)17/h3-5,19-20H,2H2,1H3/t3-,4-,5?,6+/m1/s1. The van der Waals surface area contributed by atoms with E-state index in [4.69, 9.17) is 28.9 Å². The first-order chi connectivity index (χ1) is 9.43. The molecule has 0 aliphatic carbocycles. The number of hydrogen-bond donors (Lipinski definition) is 2. The predicted octanol–water partition coefficient (Wildman–Crippen LogP) is 4.60. The molecule has 6 atom stereocenters. The summed E-state index contributed by atoms with van der Waals surface area (Å²) in [5, 5.41) is 0. The average molecular weight is 705 g/mol. The van der Waals surface area contributed by atoms with E-state index in [1.54, 1.807) is 0 Å². The Hall–Kier alpha value is 3.58. The van der Waals surface area contributed by atoms with Crippen molar-refractivity contribution in [2.24, 2.45) is 0 Å². The summed E-state index contributed by atoms with van der Waals surface area (Å²) in [5.74, 6) is 0. The van der Waals surface area contributed by atoms with E-state index < -0.39 is 47.0 Å². The molecule has 0 spiro atoms. The zero-order chi connectivity index (χ0) is 16.4. The molecule has 0 aromatic rings. The first-order valence-corrected chi connectivity index (χ1v) is 18.3. The van der Waals surface area contributed by atoms with Crippen LogP contribution in [0.1, 0.15) is 0 Å². The van der Waals surface area contributed by atoms with Crippen LogP contribution in [0.3, 0.4) is 0 Å². The Morgan fingerprint density at radius 2 is 2.00 bits per heavy atom. The van der Waals surface area contributed by atoms with Crippen LogP contribution in [0.5, 0.6) is 0 Å². The molecule has 0 bridgehead atoms. The van der Waals surface area contributed by atoms with Crippen molar-refractivity contribution in [3.8, 4) is 0 Å². The van der Waals surface area contributed by atoms with Crippen LogP contribution >= 0.6 is 100 Å². The van der Waals surface area contributed by atoms with Gasteiger partial charge < -0.3 is 0 Å². The van der Waals surface area contributed by atoms with Crippen LogP contribution in [-0.4, -0.2) is 43.6 Å². The number of halogens is 4. The minimum absolute atomic E-state index is 0.139. The van der Waals surface area contributed by atoms with Gasteiger partial charge in [-0.2, -0.15) is 0 Å². The molecule has 1 saturated heterocycles. The molecule has 1 heterocycles. The van der Waals surface area contributed by atoms with Crippen molar-refractivity contribution < 1.29 is 25.7 Å². The molecule has 0 radical (unpaired) electrons. The zero-order valence-corrected chi connectivity index (χ0v) is 21.1. The van der Waals surface area contributed by atoms with Crippen LogP contribution in [0, 0.1) is 0 Å². The van der Waals surface area contributed by atoms with Gasteiger partial charge in [0.2, 0.25) is 0 Å². The summed E-state index contributed by atoms with van der Waals surface area (Å²) in [6.07, 6.45) is -1.65.